The quantitative estimate of drug-likeness (QED) is 0.845. The Hall–Kier alpha value is -0.240. The molecule has 14 heavy (non-hydrogen) atoms. The van der Waals surface area contributed by atoms with Gasteiger partial charge < -0.3 is 5.73 Å². The molecule has 0 spiro atoms. The Morgan fingerprint density at radius 3 is 2.07 bits per heavy atom. The average molecular weight is 232 g/mol. The van der Waals surface area contributed by atoms with Crippen molar-refractivity contribution in [3.63, 3.8) is 0 Å². The van der Waals surface area contributed by atoms with Gasteiger partial charge in [-0.1, -0.05) is 23.2 Å². The lowest BCUT2D eigenvalue weighted by atomic mass is 9.97. The molecule has 0 saturated heterocycles. The van der Waals surface area contributed by atoms with Gasteiger partial charge in [0.05, 0.1) is 0 Å². The Morgan fingerprint density at radius 2 is 1.64 bits per heavy atom. The van der Waals surface area contributed by atoms with Crippen LogP contribution in [0.25, 0.3) is 0 Å². The third-order valence-electron chi connectivity index (χ3n) is 1.98. The van der Waals surface area contributed by atoms with Gasteiger partial charge in [-0.2, -0.15) is 0 Å². The highest BCUT2D eigenvalue weighted by Gasteiger charge is 2.10. The van der Waals surface area contributed by atoms with Crippen molar-refractivity contribution in [1.82, 2.24) is 0 Å². The molecule has 0 saturated carbocycles. The summed E-state index contributed by atoms with van der Waals surface area (Å²) >= 11 is 11.8. The predicted molar refractivity (Wildman–Crippen MR) is 63.0 cm³/mol. The molecule has 3 heteroatoms. The summed E-state index contributed by atoms with van der Waals surface area (Å²) in [5.74, 6) is 0. The molecule has 0 aliphatic rings. The van der Waals surface area contributed by atoms with Crippen molar-refractivity contribution in [2.75, 3.05) is 0 Å². The second-order valence-corrected chi connectivity index (χ2v) is 5.14. The summed E-state index contributed by atoms with van der Waals surface area (Å²) in [6, 6.07) is 5.60. The molecule has 0 atom stereocenters. The van der Waals surface area contributed by atoms with E-state index in [4.69, 9.17) is 28.9 Å². The van der Waals surface area contributed by atoms with Crippen molar-refractivity contribution < 1.29 is 0 Å². The van der Waals surface area contributed by atoms with E-state index in [1.807, 2.05) is 26.0 Å². The van der Waals surface area contributed by atoms with Crippen LogP contribution in [0.2, 0.25) is 10.0 Å². The highest BCUT2D eigenvalue weighted by Crippen LogP contribution is 2.21. The summed E-state index contributed by atoms with van der Waals surface area (Å²) in [6.07, 6.45) is 1.83. The van der Waals surface area contributed by atoms with Crippen LogP contribution in [0.3, 0.4) is 0 Å². The van der Waals surface area contributed by atoms with Crippen LogP contribution in [0.1, 0.15) is 25.8 Å². The Bertz CT molecular complexity index is 295. The van der Waals surface area contributed by atoms with Crippen LogP contribution < -0.4 is 5.73 Å². The third kappa shape index (κ3) is 4.32. The van der Waals surface area contributed by atoms with Crippen LogP contribution in [-0.4, -0.2) is 5.54 Å². The minimum absolute atomic E-state index is 0.144. The summed E-state index contributed by atoms with van der Waals surface area (Å²) in [7, 11) is 0. The molecular formula is C11H15Cl2N. The Balaban J connectivity index is 2.68. The monoisotopic (exact) mass is 231 g/mol. The third-order valence-corrected chi connectivity index (χ3v) is 2.42. The van der Waals surface area contributed by atoms with Crippen LogP contribution in [0.4, 0.5) is 0 Å². The Morgan fingerprint density at radius 1 is 1.14 bits per heavy atom. The number of rotatable bonds is 3. The molecule has 0 aliphatic carbocycles. The zero-order valence-electron chi connectivity index (χ0n) is 8.48. The summed E-state index contributed by atoms with van der Waals surface area (Å²) in [4.78, 5) is 0. The number of aryl methyl sites for hydroxylation is 1. The normalized spacial score (nSPS) is 11.8. The SMILES string of the molecule is CC(C)(N)CCc1cc(Cl)cc(Cl)c1. The lowest BCUT2D eigenvalue weighted by Gasteiger charge is -2.18. The molecule has 0 unspecified atom stereocenters. The maximum absolute atomic E-state index is 5.89. The van der Waals surface area contributed by atoms with E-state index < -0.39 is 0 Å². The Labute approximate surface area is 95.2 Å². The van der Waals surface area contributed by atoms with Crippen molar-refractivity contribution in [1.29, 1.82) is 0 Å². The van der Waals surface area contributed by atoms with E-state index in [9.17, 15) is 0 Å². The topological polar surface area (TPSA) is 26.0 Å². The van der Waals surface area contributed by atoms with Crippen molar-refractivity contribution in [2.24, 2.45) is 5.73 Å². The number of benzene rings is 1. The molecule has 0 bridgehead atoms. The first-order chi connectivity index (χ1) is 6.37. The first kappa shape index (κ1) is 11.8. The molecule has 1 nitrogen and oxygen atoms in total. The molecule has 0 fully saturated rings. The summed E-state index contributed by atoms with van der Waals surface area (Å²) in [5.41, 5.74) is 6.89. The molecule has 1 aromatic carbocycles. The highest BCUT2D eigenvalue weighted by molar-refractivity contribution is 6.34. The standard InChI is InChI=1S/C11H15Cl2N/c1-11(2,14)4-3-8-5-9(12)7-10(13)6-8/h5-7H,3-4,14H2,1-2H3. The summed E-state index contributed by atoms with van der Waals surface area (Å²) in [6.45, 7) is 4.03. The highest BCUT2D eigenvalue weighted by atomic mass is 35.5. The van der Waals surface area contributed by atoms with E-state index >= 15 is 0 Å². The lowest BCUT2D eigenvalue weighted by Crippen LogP contribution is -2.32. The number of halogens is 2. The molecule has 0 radical (unpaired) electrons. The van der Waals surface area contributed by atoms with Gasteiger partial charge in [0.1, 0.15) is 0 Å². The minimum Gasteiger partial charge on any atom is -0.326 e. The van der Waals surface area contributed by atoms with E-state index in [-0.39, 0.29) is 5.54 Å². The number of hydrogen-bond donors (Lipinski definition) is 1. The van der Waals surface area contributed by atoms with Gasteiger partial charge in [-0.3, -0.25) is 0 Å². The molecule has 0 heterocycles. The van der Waals surface area contributed by atoms with E-state index in [0.29, 0.717) is 10.0 Å². The second-order valence-electron chi connectivity index (χ2n) is 4.27. The number of hydrogen-bond acceptors (Lipinski definition) is 1. The molecule has 78 valence electrons. The molecular weight excluding hydrogens is 217 g/mol. The minimum atomic E-state index is -0.144. The summed E-state index contributed by atoms with van der Waals surface area (Å²) in [5, 5.41) is 1.37. The molecule has 1 aromatic rings. The van der Waals surface area contributed by atoms with Gasteiger partial charge in [0.15, 0.2) is 0 Å². The van der Waals surface area contributed by atoms with Crippen molar-refractivity contribution in [3.8, 4) is 0 Å². The molecule has 0 aliphatic heterocycles. The molecule has 2 N–H and O–H groups in total. The van der Waals surface area contributed by atoms with Gasteiger partial charge in [-0.15, -0.1) is 0 Å². The van der Waals surface area contributed by atoms with Gasteiger partial charge in [0.25, 0.3) is 0 Å². The Kier molecular flexibility index (Phi) is 3.82. The molecule has 1 rings (SSSR count). The first-order valence-electron chi connectivity index (χ1n) is 4.61. The maximum atomic E-state index is 5.89. The van der Waals surface area contributed by atoms with Gasteiger partial charge >= 0.3 is 0 Å². The van der Waals surface area contributed by atoms with Crippen LogP contribution in [0.15, 0.2) is 18.2 Å². The van der Waals surface area contributed by atoms with Gasteiger partial charge in [-0.05, 0) is 50.5 Å². The van der Waals surface area contributed by atoms with Crippen LogP contribution >= 0.6 is 23.2 Å². The average Bonchev–Trinajstić information content (AvgIpc) is 1.97. The smallest absolute Gasteiger partial charge is 0.0423 e. The van der Waals surface area contributed by atoms with Gasteiger partial charge in [-0.25, -0.2) is 0 Å². The zero-order chi connectivity index (χ0) is 10.8. The van der Waals surface area contributed by atoms with Crippen molar-refractivity contribution in [3.05, 3.63) is 33.8 Å². The van der Waals surface area contributed by atoms with E-state index in [1.165, 1.54) is 0 Å². The fourth-order valence-corrected chi connectivity index (χ4v) is 1.79. The number of nitrogens with two attached hydrogens (primary N) is 1. The molecule has 0 amide bonds. The van der Waals surface area contributed by atoms with E-state index in [0.717, 1.165) is 18.4 Å². The van der Waals surface area contributed by atoms with Crippen LogP contribution in [0.5, 0.6) is 0 Å². The van der Waals surface area contributed by atoms with Crippen molar-refractivity contribution >= 4 is 23.2 Å². The summed E-state index contributed by atoms with van der Waals surface area (Å²) < 4.78 is 0. The lowest BCUT2D eigenvalue weighted by molar-refractivity contribution is 0.477. The fourth-order valence-electron chi connectivity index (χ4n) is 1.22. The van der Waals surface area contributed by atoms with Crippen LogP contribution in [-0.2, 0) is 6.42 Å². The fraction of sp³-hybridized carbons (Fsp3) is 0.455. The van der Waals surface area contributed by atoms with Crippen LogP contribution in [0, 0.1) is 0 Å². The zero-order valence-corrected chi connectivity index (χ0v) is 9.99. The van der Waals surface area contributed by atoms with Gasteiger partial charge in [0.2, 0.25) is 0 Å². The van der Waals surface area contributed by atoms with E-state index in [2.05, 4.69) is 0 Å². The second kappa shape index (κ2) is 4.52. The largest absolute Gasteiger partial charge is 0.326 e. The first-order valence-corrected chi connectivity index (χ1v) is 5.36. The molecule has 0 aromatic heterocycles. The van der Waals surface area contributed by atoms with Crippen molar-refractivity contribution in [2.45, 2.75) is 32.2 Å². The predicted octanol–water partition coefficient (Wildman–Crippen LogP) is 3.66. The van der Waals surface area contributed by atoms with Gasteiger partial charge in [0, 0.05) is 15.6 Å². The van der Waals surface area contributed by atoms with E-state index in [1.54, 1.807) is 6.07 Å². The maximum Gasteiger partial charge on any atom is 0.0423 e.